The fourth-order valence-corrected chi connectivity index (χ4v) is 3.45. The van der Waals surface area contributed by atoms with Gasteiger partial charge < -0.3 is 19.8 Å². The lowest BCUT2D eigenvalue weighted by Crippen LogP contribution is -2.44. The van der Waals surface area contributed by atoms with Crippen LogP contribution in [-0.4, -0.2) is 37.2 Å². The molecule has 2 amide bonds. The van der Waals surface area contributed by atoms with E-state index in [4.69, 9.17) is 9.15 Å². The molecule has 1 aromatic heterocycles. The number of anilines is 1. The Morgan fingerprint density at radius 2 is 1.93 bits per heavy atom. The molecule has 0 radical (unpaired) electrons. The van der Waals surface area contributed by atoms with Crippen molar-refractivity contribution in [3.63, 3.8) is 0 Å². The summed E-state index contributed by atoms with van der Waals surface area (Å²) in [5.41, 5.74) is 1.53. The van der Waals surface area contributed by atoms with E-state index >= 15 is 0 Å². The standard InChI is InChI=1S/C22H22N2O5S/c1-28-21(26)18(10-11-30-2)24-22(27)23-16-8-5-7-14(12-16)17-13-15-6-3-4-9-19(15)29-20(17)25/h3-9,12-13,18H,10-11H2,1-2H3,(H2,23,24,27). The van der Waals surface area contributed by atoms with Crippen LogP contribution in [0.15, 0.2) is 63.8 Å². The molecule has 2 aromatic carbocycles. The van der Waals surface area contributed by atoms with Gasteiger partial charge in [0.25, 0.3) is 0 Å². The van der Waals surface area contributed by atoms with Crippen LogP contribution < -0.4 is 16.3 Å². The molecule has 0 saturated heterocycles. The van der Waals surface area contributed by atoms with E-state index in [1.165, 1.54) is 7.11 Å². The second-order valence-corrected chi connectivity index (χ2v) is 7.51. The average Bonchev–Trinajstić information content (AvgIpc) is 2.75. The monoisotopic (exact) mass is 426 g/mol. The van der Waals surface area contributed by atoms with Crippen LogP contribution in [0.4, 0.5) is 10.5 Å². The smallest absolute Gasteiger partial charge is 0.344 e. The van der Waals surface area contributed by atoms with Crippen LogP contribution in [0.1, 0.15) is 6.42 Å². The maximum Gasteiger partial charge on any atom is 0.344 e. The van der Waals surface area contributed by atoms with Gasteiger partial charge in [-0.2, -0.15) is 11.8 Å². The van der Waals surface area contributed by atoms with E-state index in [-0.39, 0.29) is 0 Å². The van der Waals surface area contributed by atoms with Crippen LogP contribution >= 0.6 is 11.8 Å². The summed E-state index contributed by atoms with van der Waals surface area (Å²) < 4.78 is 10.1. The van der Waals surface area contributed by atoms with Gasteiger partial charge in [0, 0.05) is 11.1 Å². The Bertz CT molecular complexity index is 1110. The number of carbonyl (C=O) groups excluding carboxylic acids is 2. The summed E-state index contributed by atoms with van der Waals surface area (Å²) in [5, 5.41) is 6.13. The van der Waals surface area contributed by atoms with Crippen molar-refractivity contribution >= 4 is 40.4 Å². The van der Waals surface area contributed by atoms with Crippen LogP contribution in [0, 0.1) is 0 Å². The van der Waals surface area contributed by atoms with E-state index in [0.29, 0.717) is 34.6 Å². The SMILES string of the molecule is COC(=O)C(CCSC)NC(=O)Nc1cccc(-c2cc3ccccc3oc2=O)c1. The third kappa shape index (κ3) is 5.21. The molecule has 0 bridgehead atoms. The van der Waals surface area contributed by atoms with Gasteiger partial charge in [0.2, 0.25) is 0 Å². The van der Waals surface area contributed by atoms with Crippen molar-refractivity contribution in [1.29, 1.82) is 0 Å². The summed E-state index contributed by atoms with van der Waals surface area (Å²) in [7, 11) is 1.28. The molecule has 0 aliphatic heterocycles. The predicted octanol–water partition coefficient (Wildman–Crippen LogP) is 3.88. The zero-order valence-corrected chi connectivity index (χ0v) is 17.5. The van der Waals surface area contributed by atoms with Gasteiger partial charge >= 0.3 is 17.6 Å². The first-order valence-electron chi connectivity index (χ1n) is 9.29. The normalized spacial score (nSPS) is 11.7. The second kappa shape index (κ2) is 9.98. The van der Waals surface area contributed by atoms with Crippen molar-refractivity contribution in [3.8, 4) is 11.1 Å². The van der Waals surface area contributed by atoms with Gasteiger partial charge in [-0.25, -0.2) is 14.4 Å². The third-order valence-corrected chi connectivity index (χ3v) is 5.12. The van der Waals surface area contributed by atoms with Crippen LogP contribution in [-0.2, 0) is 9.53 Å². The molecule has 7 nitrogen and oxygen atoms in total. The summed E-state index contributed by atoms with van der Waals surface area (Å²) in [5.74, 6) is 0.203. The first-order chi connectivity index (χ1) is 14.5. The molecule has 3 aromatic rings. The Morgan fingerprint density at radius 1 is 1.13 bits per heavy atom. The molecule has 8 heteroatoms. The summed E-state index contributed by atoms with van der Waals surface area (Å²) in [4.78, 5) is 36.7. The van der Waals surface area contributed by atoms with E-state index in [9.17, 15) is 14.4 Å². The third-order valence-electron chi connectivity index (χ3n) is 4.47. The maximum atomic E-state index is 12.4. The van der Waals surface area contributed by atoms with E-state index in [0.717, 1.165) is 5.39 Å². The van der Waals surface area contributed by atoms with Gasteiger partial charge in [-0.3, -0.25) is 0 Å². The number of urea groups is 1. The van der Waals surface area contributed by atoms with Crippen molar-refractivity contribution in [2.24, 2.45) is 0 Å². The highest BCUT2D eigenvalue weighted by molar-refractivity contribution is 7.98. The molecule has 156 valence electrons. The Hall–Kier alpha value is -3.26. The maximum absolute atomic E-state index is 12.4. The van der Waals surface area contributed by atoms with Crippen molar-refractivity contribution in [3.05, 3.63) is 65.0 Å². The summed E-state index contributed by atoms with van der Waals surface area (Å²) >= 11 is 1.57. The number of hydrogen-bond donors (Lipinski definition) is 2. The van der Waals surface area contributed by atoms with Gasteiger partial charge in [-0.1, -0.05) is 30.3 Å². The summed E-state index contributed by atoms with van der Waals surface area (Å²) in [6.07, 6.45) is 2.38. The van der Waals surface area contributed by atoms with Gasteiger partial charge in [0.15, 0.2) is 0 Å². The average molecular weight is 426 g/mol. The number of benzene rings is 2. The van der Waals surface area contributed by atoms with Gasteiger partial charge in [0.1, 0.15) is 11.6 Å². The minimum atomic E-state index is -0.738. The zero-order chi connectivity index (χ0) is 21.5. The Kier molecular flexibility index (Phi) is 7.13. The van der Waals surface area contributed by atoms with Crippen molar-refractivity contribution in [2.75, 3.05) is 24.4 Å². The molecule has 0 aliphatic rings. The zero-order valence-electron chi connectivity index (χ0n) is 16.6. The number of thioether (sulfide) groups is 1. The van der Waals surface area contributed by atoms with Crippen LogP contribution in [0.2, 0.25) is 0 Å². The van der Waals surface area contributed by atoms with E-state index < -0.39 is 23.7 Å². The molecular formula is C22H22N2O5S. The van der Waals surface area contributed by atoms with Crippen LogP contribution in [0.3, 0.4) is 0 Å². The quantitative estimate of drug-likeness (QED) is 0.440. The second-order valence-electron chi connectivity index (χ2n) is 6.52. The van der Waals surface area contributed by atoms with Gasteiger partial charge in [-0.05, 0) is 48.3 Å². The predicted molar refractivity (Wildman–Crippen MR) is 119 cm³/mol. The number of esters is 1. The van der Waals surface area contributed by atoms with E-state index in [2.05, 4.69) is 10.6 Å². The first kappa shape index (κ1) is 21.4. The molecule has 1 unspecified atom stereocenters. The Labute approximate surface area is 177 Å². The van der Waals surface area contributed by atoms with E-state index in [1.54, 1.807) is 54.2 Å². The van der Waals surface area contributed by atoms with Gasteiger partial charge in [0.05, 0.1) is 12.7 Å². The minimum absolute atomic E-state index is 0.394. The summed E-state index contributed by atoms with van der Waals surface area (Å²) in [6, 6.07) is 14.6. The molecular weight excluding hydrogens is 404 g/mol. The molecule has 0 aliphatic carbocycles. The summed E-state index contributed by atoms with van der Waals surface area (Å²) in [6.45, 7) is 0. The number of carbonyl (C=O) groups is 2. The highest BCUT2D eigenvalue weighted by Crippen LogP contribution is 2.23. The van der Waals surface area contributed by atoms with Crippen LogP contribution in [0.5, 0.6) is 0 Å². The number of ether oxygens (including phenoxy) is 1. The number of amides is 2. The van der Waals surface area contributed by atoms with Crippen molar-refractivity contribution in [1.82, 2.24) is 5.32 Å². The Balaban J connectivity index is 1.78. The number of nitrogens with one attached hydrogen (secondary N) is 2. The minimum Gasteiger partial charge on any atom is -0.467 e. The van der Waals surface area contributed by atoms with Crippen molar-refractivity contribution < 1.29 is 18.7 Å². The van der Waals surface area contributed by atoms with E-state index in [1.807, 2.05) is 18.4 Å². The number of methoxy groups -OCH3 is 1. The highest BCUT2D eigenvalue weighted by atomic mass is 32.2. The molecule has 0 fully saturated rings. The molecule has 1 atom stereocenters. The molecule has 2 N–H and O–H groups in total. The molecule has 0 spiro atoms. The number of para-hydroxylation sites is 1. The topological polar surface area (TPSA) is 97.6 Å². The lowest BCUT2D eigenvalue weighted by molar-refractivity contribution is -0.142. The lowest BCUT2D eigenvalue weighted by atomic mass is 10.1. The molecule has 0 saturated carbocycles. The van der Waals surface area contributed by atoms with Crippen molar-refractivity contribution in [2.45, 2.75) is 12.5 Å². The largest absolute Gasteiger partial charge is 0.467 e. The number of rotatable bonds is 7. The number of fused-ring (bicyclic) bond motifs is 1. The van der Waals surface area contributed by atoms with Crippen LogP contribution in [0.25, 0.3) is 22.1 Å². The highest BCUT2D eigenvalue weighted by Gasteiger charge is 2.21. The molecule has 30 heavy (non-hydrogen) atoms. The Morgan fingerprint density at radius 3 is 2.70 bits per heavy atom. The molecule has 1 heterocycles. The fraction of sp³-hybridized carbons (Fsp3) is 0.227. The number of hydrogen-bond acceptors (Lipinski definition) is 6. The molecule has 3 rings (SSSR count). The van der Waals surface area contributed by atoms with Gasteiger partial charge in [-0.15, -0.1) is 0 Å². The lowest BCUT2D eigenvalue weighted by Gasteiger charge is -2.16. The fourth-order valence-electron chi connectivity index (χ4n) is 2.98. The first-order valence-corrected chi connectivity index (χ1v) is 10.7.